The van der Waals surface area contributed by atoms with Crippen molar-refractivity contribution in [2.24, 2.45) is 5.73 Å². The van der Waals surface area contributed by atoms with E-state index in [9.17, 15) is 9.59 Å². The van der Waals surface area contributed by atoms with Crippen molar-refractivity contribution in [2.45, 2.75) is 45.2 Å². The van der Waals surface area contributed by atoms with Crippen LogP contribution in [0.4, 0.5) is 5.69 Å². The molecule has 0 aromatic heterocycles. The number of hydrogen-bond acceptors (Lipinski definition) is 3. The highest BCUT2D eigenvalue weighted by Crippen LogP contribution is 2.23. The summed E-state index contributed by atoms with van der Waals surface area (Å²) in [5, 5.41) is 6.00. The fourth-order valence-electron chi connectivity index (χ4n) is 2.47. The number of rotatable bonds is 7. The number of nitrogens with two attached hydrogens (primary N) is 1. The molecule has 1 unspecified atom stereocenters. The van der Waals surface area contributed by atoms with Crippen LogP contribution in [0.15, 0.2) is 48.5 Å². The molecule has 0 heterocycles. The van der Waals surface area contributed by atoms with Gasteiger partial charge in [-0.3, -0.25) is 9.59 Å². The van der Waals surface area contributed by atoms with E-state index < -0.39 is 0 Å². The van der Waals surface area contributed by atoms with Gasteiger partial charge in [-0.15, -0.1) is 12.4 Å². The normalized spacial score (nSPS) is 11.9. The quantitative estimate of drug-likeness (QED) is 0.602. The number of carbonyl (C=O) groups is 2. The average molecular weight is 424 g/mol. The summed E-state index contributed by atoms with van der Waals surface area (Å²) in [6, 6.07) is 13.9. The largest absolute Gasteiger partial charge is 0.347 e. The van der Waals surface area contributed by atoms with Gasteiger partial charge >= 0.3 is 0 Å². The number of carbonyl (C=O) groups excluding carboxylic acids is 2. The van der Waals surface area contributed by atoms with E-state index in [4.69, 9.17) is 17.3 Å². The first-order chi connectivity index (χ1) is 12.7. The minimum absolute atomic E-state index is 0. The van der Waals surface area contributed by atoms with Gasteiger partial charge < -0.3 is 16.4 Å². The van der Waals surface area contributed by atoms with Crippen molar-refractivity contribution in [3.63, 3.8) is 0 Å². The molecule has 0 saturated heterocycles. The van der Waals surface area contributed by atoms with E-state index in [2.05, 4.69) is 10.6 Å². The molecule has 0 spiro atoms. The Bertz CT molecular complexity index is 811. The molecule has 1 atom stereocenters. The standard InChI is InChI=1S/C21H26ClN3O2.ClH/c1-4-21(2,3)25-20(27)16-11-10-15(12-17(16)22)24-19(26)13-18(23)14-8-6-5-7-9-14;/h5-12,18H,4,13,23H2,1-3H3,(H,24,26)(H,25,27);1H. The van der Waals surface area contributed by atoms with Gasteiger partial charge in [0.05, 0.1) is 10.6 Å². The maximum absolute atomic E-state index is 12.4. The zero-order valence-corrected chi connectivity index (χ0v) is 17.9. The van der Waals surface area contributed by atoms with Crippen molar-refractivity contribution in [1.29, 1.82) is 0 Å². The molecule has 0 fully saturated rings. The zero-order valence-electron chi connectivity index (χ0n) is 16.3. The van der Waals surface area contributed by atoms with Crippen LogP contribution in [0.1, 0.15) is 55.6 Å². The van der Waals surface area contributed by atoms with E-state index in [0.717, 1.165) is 12.0 Å². The molecule has 7 heteroatoms. The summed E-state index contributed by atoms with van der Waals surface area (Å²) in [5.41, 5.74) is 7.55. The maximum atomic E-state index is 12.4. The van der Waals surface area contributed by atoms with Gasteiger partial charge in [0.15, 0.2) is 0 Å². The van der Waals surface area contributed by atoms with Gasteiger partial charge in [0.2, 0.25) is 5.91 Å². The molecule has 4 N–H and O–H groups in total. The fraction of sp³-hybridized carbons (Fsp3) is 0.333. The number of anilines is 1. The third kappa shape index (κ3) is 6.82. The predicted molar refractivity (Wildman–Crippen MR) is 117 cm³/mol. The lowest BCUT2D eigenvalue weighted by atomic mass is 10.0. The molecule has 0 aliphatic carbocycles. The van der Waals surface area contributed by atoms with E-state index >= 15 is 0 Å². The zero-order chi connectivity index (χ0) is 20.0. The lowest BCUT2D eigenvalue weighted by molar-refractivity contribution is -0.116. The van der Waals surface area contributed by atoms with Gasteiger partial charge in [-0.05, 0) is 44.0 Å². The van der Waals surface area contributed by atoms with Crippen molar-refractivity contribution < 1.29 is 9.59 Å². The third-order valence-corrected chi connectivity index (χ3v) is 4.78. The van der Waals surface area contributed by atoms with Crippen LogP contribution >= 0.6 is 24.0 Å². The van der Waals surface area contributed by atoms with Crippen LogP contribution in [0.3, 0.4) is 0 Å². The number of halogens is 2. The predicted octanol–water partition coefficient (Wildman–Crippen LogP) is 4.71. The molecule has 2 aromatic carbocycles. The Balaban J connectivity index is 0.00000392. The second-order valence-electron chi connectivity index (χ2n) is 7.16. The molecule has 2 rings (SSSR count). The number of benzene rings is 2. The minimum Gasteiger partial charge on any atom is -0.347 e. The monoisotopic (exact) mass is 423 g/mol. The summed E-state index contributed by atoms with van der Waals surface area (Å²) in [7, 11) is 0. The summed E-state index contributed by atoms with van der Waals surface area (Å²) in [6.45, 7) is 5.90. The Hall–Kier alpha value is -2.08. The number of nitrogens with one attached hydrogen (secondary N) is 2. The van der Waals surface area contributed by atoms with Gasteiger partial charge in [0, 0.05) is 23.7 Å². The van der Waals surface area contributed by atoms with Crippen LogP contribution in [-0.2, 0) is 4.79 Å². The highest BCUT2D eigenvalue weighted by molar-refractivity contribution is 6.34. The Kier molecular flexibility index (Phi) is 8.95. The first-order valence-corrected chi connectivity index (χ1v) is 9.32. The highest BCUT2D eigenvalue weighted by Gasteiger charge is 2.21. The van der Waals surface area contributed by atoms with Crippen LogP contribution in [0, 0.1) is 0 Å². The minimum atomic E-state index is -0.386. The maximum Gasteiger partial charge on any atom is 0.253 e. The van der Waals surface area contributed by atoms with Crippen LogP contribution < -0.4 is 16.4 Å². The Morgan fingerprint density at radius 1 is 1.14 bits per heavy atom. The SMILES string of the molecule is CCC(C)(C)NC(=O)c1ccc(NC(=O)CC(N)c2ccccc2)cc1Cl.Cl. The van der Waals surface area contributed by atoms with Crippen molar-refractivity contribution in [3.8, 4) is 0 Å². The van der Waals surface area contributed by atoms with E-state index in [1.165, 1.54) is 0 Å². The van der Waals surface area contributed by atoms with Gasteiger partial charge in [-0.25, -0.2) is 0 Å². The fourth-order valence-corrected chi connectivity index (χ4v) is 2.74. The second kappa shape index (κ2) is 10.5. The van der Waals surface area contributed by atoms with Gasteiger partial charge in [0.1, 0.15) is 0 Å². The second-order valence-corrected chi connectivity index (χ2v) is 7.56. The first-order valence-electron chi connectivity index (χ1n) is 8.94. The molecular formula is C21H27Cl2N3O2. The molecule has 2 amide bonds. The summed E-state index contributed by atoms with van der Waals surface area (Å²) < 4.78 is 0. The summed E-state index contributed by atoms with van der Waals surface area (Å²) in [5.74, 6) is -0.456. The smallest absolute Gasteiger partial charge is 0.253 e. The Labute approximate surface area is 177 Å². The summed E-state index contributed by atoms with van der Waals surface area (Å²) in [6.07, 6.45) is 0.945. The molecule has 0 aliphatic rings. The Morgan fingerprint density at radius 2 is 1.79 bits per heavy atom. The molecule has 5 nitrogen and oxygen atoms in total. The topological polar surface area (TPSA) is 84.2 Å². The summed E-state index contributed by atoms with van der Waals surface area (Å²) in [4.78, 5) is 24.6. The van der Waals surface area contributed by atoms with Crippen molar-refractivity contribution in [2.75, 3.05) is 5.32 Å². The lowest BCUT2D eigenvalue weighted by Gasteiger charge is -2.24. The van der Waals surface area contributed by atoms with Crippen LogP contribution in [-0.4, -0.2) is 17.4 Å². The van der Waals surface area contributed by atoms with Crippen molar-refractivity contribution in [1.82, 2.24) is 5.32 Å². The molecule has 0 aliphatic heterocycles. The average Bonchev–Trinajstić information content (AvgIpc) is 2.62. The molecule has 152 valence electrons. The lowest BCUT2D eigenvalue weighted by Crippen LogP contribution is -2.42. The molecule has 0 bridgehead atoms. The van der Waals surface area contributed by atoms with E-state index in [-0.39, 0.29) is 47.2 Å². The molecule has 2 aromatic rings. The van der Waals surface area contributed by atoms with E-state index in [1.807, 2.05) is 51.1 Å². The molecule has 28 heavy (non-hydrogen) atoms. The molecule has 0 saturated carbocycles. The van der Waals surface area contributed by atoms with Crippen LogP contribution in [0.2, 0.25) is 5.02 Å². The van der Waals surface area contributed by atoms with Crippen LogP contribution in [0.25, 0.3) is 0 Å². The summed E-state index contributed by atoms with van der Waals surface area (Å²) >= 11 is 6.24. The highest BCUT2D eigenvalue weighted by atomic mass is 35.5. The Morgan fingerprint density at radius 3 is 2.36 bits per heavy atom. The van der Waals surface area contributed by atoms with E-state index in [0.29, 0.717) is 11.3 Å². The van der Waals surface area contributed by atoms with Gasteiger partial charge in [-0.1, -0.05) is 48.9 Å². The third-order valence-electron chi connectivity index (χ3n) is 4.47. The van der Waals surface area contributed by atoms with Crippen molar-refractivity contribution in [3.05, 3.63) is 64.7 Å². The van der Waals surface area contributed by atoms with Gasteiger partial charge in [0.25, 0.3) is 5.91 Å². The number of hydrogen-bond donors (Lipinski definition) is 3. The number of amides is 2. The van der Waals surface area contributed by atoms with Crippen LogP contribution in [0.5, 0.6) is 0 Å². The van der Waals surface area contributed by atoms with Gasteiger partial charge in [-0.2, -0.15) is 0 Å². The molecular weight excluding hydrogens is 397 g/mol. The molecule has 0 radical (unpaired) electrons. The van der Waals surface area contributed by atoms with E-state index in [1.54, 1.807) is 18.2 Å². The first kappa shape index (κ1) is 24.0. The van der Waals surface area contributed by atoms with Crippen molar-refractivity contribution >= 4 is 41.5 Å².